The number of carbonyl (C=O) groups is 1. The van der Waals surface area contributed by atoms with Gasteiger partial charge in [0.1, 0.15) is 0 Å². The van der Waals surface area contributed by atoms with E-state index < -0.39 is 0 Å². The van der Waals surface area contributed by atoms with Crippen molar-refractivity contribution in [3.05, 3.63) is 0 Å². The van der Waals surface area contributed by atoms with Crippen LogP contribution in [-0.2, 0) is 9.53 Å². The normalized spacial score (nSPS) is 16.1. The third-order valence-electron chi connectivity index (χ3n) is 1.13. The third kappa shape index (κ3) is 9.39. The molecule has 1 fully saturated rings. The molecule has 0 saturated carbocycles. The zero-order valence-electron chi connectivity index (χ0n) is 6.93. The van der Waals surface area contributed by atoms with Gasteiger partial charge in [-0.2, -0.15) is 0 Å². The summed E-state index contributed by atoms with van der Waals surface area (Å²) >= 11 is 0. The van der Waals surface area contributed by atoms with Gasteiger partial charge in [-0.15, -0.1) is 0 Å². The van der Waals surface area contributed by atoms with E-state index in [1.54, 1.807) is 0 Å². The van der Waals surface area contributed by atoms with E-state index in [1.807, 2.05) is 6.92 Å². The van der Waals surface area contributed by atoms with E-state index in [1.165, 1.54) is 0 Å². The highest BCUT2D eigenvalue weighted by Crippen LogP contribution is 1.76. The van der Waals surface area contributed by atoms with Gasteiger partial charge in [0.25, 0.3) is 0 Å². The summed E-state index contributed by atoms with van der Waals surface area (Å²) < 4.78 is 5.01. The SMILES string of the molecule is C1COCCN1.CCNC=O. The molecule has 0 aromatic rings. The van der Waals surface area contributed by atoms with Crippen LogP contribution in [0.2, 0.25) is 0 Å². The second kappa shape index (κ2) is 9.39. The first-order chi connectivity index (χ1) is 5.41. The summed E-state index contributed by atoms with van der Waals surface area (Å²) in [4.78, 5) is 9.29. The van der Waals surface area contributed by atoms with Crippen LogP contribution in [0, 0.1) is 0 Å². The Hall–Kier alpha value is -0.610. The van der Waals surface area contributed by atoms with Crippen molar-refractivity contribution in [2.24, 2.45) is 0 Å². The summed E-state index contributed by atoms with van der Waals surface area (Å²) in [6.07, 6.45) is 0.681. The van der Waals surface area contributed by atoms with Crippen LogP contribution in [-0.4, -0.2) is 39.3 Å². The molecule has 0 atom stereocenters. The van der Waals surface area contributed by atoms with Crippen LogP contribution in [0.3, 0.4) is 0 Å². The molecule has 1 amide bonds. The van der Waals surface area contributed by atoms with E-state index in [4.69, 9.17) is 4.74 Å². The Bertz CT molecular complexity index is 73.0. The molecule has 0 aliphatic carbocycles. The van der Waals surface area contributed by atoms with Crippen LogP contribution in [0.4, 0.5) is 0 Å². The first-order valence-corrected chi connectivity index (χ1v) is 3.87. The second-order valence-corrected chi connectivity index (χ2v) is 2.04. The maximum absolute atomic E-state index is 9.29. The van der Waals surface area contributed by atoms with Crippen LogP contribution in [0.5, 0.6) is 0 Å². The Morgan fingerprint density at radius 1 is 1.55 bits per heavy atom. The number of nitrogens with one attached hydrogen (secondary N) is 2. The first-order valence-electron chi connectivity index (χ1n) is 3.87. The topological polar surface area (TPSA) is 50.4 Å². The van der Waals surface area contributed by atoms with Crippen molar-refractivity contribution >= 4 is 6.41 Å². The number of amides is 1. The molecule has 2 N–H and O–H groups in total. The summed E-state index contributed by atoms with van der Waals surface area (Å²) in [6, 6.07) is 0. The molecule has 0 spiro atoms. The monoisotopic (exact) mass is 160 g/mol. The molecule has 4 nitrogen and oxygen atoms in total. The van der Waals surface area contributed by atoms with Crippen LogP contribution >= 0.6 is 0 Å². The first kappa shape index (κ1) is 10.4. The lowest BCUT2D eigenvalue weighted by Gasteiger charge is -2.10. The molecular formula is C7H16N2O2. The number of ether oxygens (including phenoxy) is 1. The van der Waals surface area contributed by atoms with Gasteiger partial charge in [-0.3, -0.25) is 4.79 Å². The number of hydrogen-bond acceptors (Lipinski definition) is 3. The summed E-state index contributed by atoms with van der Waals surface area (Å²) in [5.41, 5.74) is 0. The van der Waals surface area contributed by atoms with Gasteiger partial charge >= 0.3 is 0 Å². The van der Waals surface area contributed by atoms with Crippen molar-refractivity contribution < 1.29 is 9.53 Å². The Labute approximate surface area is 67.3 Å². The van der Waals surface area contributed by atoms with Crippen molar-refractivity contribution in [2.45, 2.75) is 6.92 Å². The van der Waals surface area contributed by atoms with Gasteiger partial charge in [0.15, 0.2) is 0 Å². The highest BCUT2D eigenvalue weighted by atomic mass is 16.5. The van der Waals surface area contributed by atoms with Crippen molar-refractivity contribution in [1.82, 2.24) is 10.6 Å². The Morgan fingerprint density at radius 2 is 2.18 bits per heavy atom. The average Bonchev–Trinajstić information content (AvgIpc) is 2.10. The molecule has 1 heterocycles. The minimum absolute atomic E-state index is 0.681. The molecule has 0 aromatic heterocycles. The molecular weight excluding hydrogens is 144 g/mol. The number of rotatable bonds is 2. The van der Waals surface area contributed by atoms with Crippen LogP contribution in [0.25, 0.3) is 0 Å². The Balaban J connectivity index is 0.000000187. The molecule has 11 heavy (non-hydrogen) atoms. The minimum Gasteiger partial charge on any atom is -0.379 e. The predicted octanol–water partition coefficient (Wildman–Crippen LogP) is -0.641. The standard InChI is InChI=1S/C4H9NO.C3H7NO/c1-3-6-4-2-5-1;1-2-4-3-5/h5H,1-4H2;3H,2H2,1H3,(H,4,5). The molecule has 0 aromatic carbocycles. The van der Waals surface area contributed by atoms with E-state index in [0.29, 0.717) is 6.41 Å². The molecule has 1 aliphatic rings. The number of carbonyl (C=O) groups excluding carboxylic acids is 1. The average molecular weight is 160 g/mol. The van der Waals surface area contributed by atoms with Crippen molar-refractivity contribution in [1.29, 1.82) is 0 Å². The summed E-state index contributed by atoms with van der Waals surface area (Å²) in [5.74, 6) is 0. The van der Waals surface area contributed by atoms with E-state index in [-0.39, 0.29) is 0 Å². The zero-order valence-corrected chi connectivity index (χ0v) is 6.93. The molecule has 1 rings (SSSR count). The van der Waals surface area contributed by atoms with Crippen molar-refractivity contribution in [2.75, 3.05) is 32.8 Å². The van der Waals surface area contributed by atoms with Crippen molar-refractivity contribution in [3.63, 3.8) is 0 Å². The molecule has 1 aliphatic heterocycles. The lowest BCUT2D eigenvalue weighted by Crippen LogP contribution is -2.30. The van der Waals surface area contributed by atoms with Gasteiger partial charge in [-0.1, -0.05) is 0 Å². The molecule has 1 saturated heterocycles. The second-order valence-electron chi connectivity index (χ2n) is 2.04. The summed E-state index contributed by atoms with van der Waals surface area (Å²) in [5, 5.41) is 5.59. The van der Waals surface area contributed by atoms with Crippen LogP contribution in [0.1, 0.15) is 6.92 Å². The van der Waals surface area contributed by atoms with E-state index >= 15 is 0 Å². The number of hydrogen-bond donors (Lipinski definition) is 2. The third-order valence-corrected chi connectivity index (χ3v) is 1.13. The summed E-state index contributed by atoms with van der Waals surface area (Å²) in [7, 11) is 0. The Morgan fingerprint density at radius 3 is 2.27 bits per heavy atom. The summed E-state index contributed by atoms with van der Waals surface area (Å²) in [6.45, 7) is 6.43. The maximum atomic E-state index is 9.29. The van der Waals surface area contributed by atoms with Gasteiger partial charge in [0.2, 0.25) is 6.41 Å². The highest BCUT2D eigenvalue weighted by molar-refractivity contribution is 5.45. The largest absolute Gasteiger partial charge is 0.379 e. The van der Waals surface area contributed by atoms with Gasteiger partial charge in [0.05, 0.1) is 13.2 Å². The van der Waals surface area contributed by atoms with Gasteiger partial charge < -0.3 is 15.4 Å². The molecule has 0 radical (unpaired) electrons. The maximum Gasteiger partial charge on any atom is 0.207 e. The molecule has 0 unspecified atom stereocenters. The highest BCUT2D eigenvalue weighted by Gasteiger charge is 1.92. The molecule has 0 bridgehead atoms. The van der Waals surface area contributed by atoms with E-state index in [0.717, 1.165) is 32.8 Å². The van der Waals surface area contributed by atoms with Gasteiger partial charge in [-0.25, -0.2) is 0 Å². The fraction of sp³-hybridized carbons (Fsp3) is 0.857. The van der Waals surface area contributed by atoms with Crippen LogP contribution < -0.4 is 10.6 Å². The molecule has 4 heteroatoms. The van der Waals surface area contributed by atoms with Crippen LogP contribution in [0.15, 0.2) is 0 Å². The zero-order chi connectivity index (χ0) is 8.36. The smallest absolute Gasteiger partial charge is 0.207 e. The Kier molecular flexibility index (Phi) is 8.87. The number of morpholine rings is 1. The van der Waals surface area contributed by atoms with E-state index in [9.17, 15) is 4.79 Å². The lowest BCUT2D eigenvalue weighted by atomic mass is 10.5. The quantitative estimate of drug-likeness (QED) is 0.528. The fourth-order valence-electron chi connectivity index (χ4n) is 0.599. The van der Waals surface area contributed by atoms with Crippen molar-refractivity contribution in [3.8, 4) is 0 Å². The van der Waals surface area contributed by atoms with Gasteiger partial charge in [0, 0.05) is 19.6 Å². The molecule has 66 valence electrons. The van der Waals surface area contributed by atoms with Gasteiger partial charge in [-0.05, 0) is 6.92 Å². The van der Waals surface area contributed by atoms with E-state index in [2.05, 4.69) is 10.6 Å². The minimum atomic E-state index is 0.681. The fourth-order valence-corrected chi connectivity index (χ4v) is 0.599. The lowest BCUT2D eigenvalue weighted by molar-refractivity contribution is -0.109. The predicted molar refractivity (Wildman–Crippen MR) is 43.4 cm³/mol.